The number of benzene rings is 2. The standard InChI is InChI=1S/C22H29N3O5S/c1-17(25(31(4,27)28)18-9-11-19(29-2)12-10-18)22(26)24-15-13-23(14-16-24)20-7-5-6-8-21(20)30-3/h5-12,17H,13-16H2,1-4H3/t17-/m0/s1. The minimum absolute atomic E-state index is 0.221. The van der Waals surface area contributed by atoms with Crippen molar-refractivity contribution >= 4 is 27.3 Å². The highest BCUT2D eigenvalue weighted by Gasteiger charge is 2.33. The van der Waals surface area contributed by atoms with E-state index in [-0.39, 0.29) is 5.91 Å². The summed E-state index contributed by atoms with van der Waals surface area (Å²) in [5, 5.41) is 0. The van der Waals surface area contributed by atoms with Crippen molar-refractivity contribution in [3.05, 3.63) is 48.5 Å². The average molecular weight is 448 g/mol. The Kier molecular flexibility index (Phi) is 6.94. The molecule has 0 unspecified atom stereocenters. The zero-order valence-electron chi connectivity index (χ0n) is 18.3. The molecule has 1 aliphatic heterocycles. The minimum Gasteiger partial charge on any atom is -0.497 e. The van der Waals surface area contributed by atoms with Gasteiger partial charge in [-0.3, -0.25) is 9.10 Å². The molecule has 2 aromatic rings. The van der Waals surface area contributed by atoms with Crippen LogP contribution in [-0.4, -0.2) is 71.9 Å². The van der Waals surface area contributed by atoms with Crippen LogP contribution in [0, 0.1) is 0 Å². The molecule has 1 aliphatic rings. The van der Waals surface area contributed by atoms with E-state index in [9.17, 15) is 13.2 Å². The number of nitrogens with zero attached hydrogens (tertiary/aromatic N) is 3. The van der Waals surface area contributed by atoms with Crippen LogP contribution in [0.5, 0.6) is 11.5 Å². The summed E-state index contributed by atoms with van der Waals surface area (Å²) in [7, 11) is -0.485. The van der Waals surface area contributed by atoms with E-state index in [1.807, 2.05) is 24.3 Å². The molecule has 0 saturated carbocycles. The SMILES string of the molecule is COc1ccc(N([C@@H](C)C(=O)N2CCN(c3ccccc3OC)CC2)S(C)(=O)=O)cc1. The van der Waals surface area contributed by atoms with E-state index in [4.69, 9.17) is 9.47 Å². The lowest BCUT2D eigenvalue weighted by Gasteiger charge is -2.39. The van der Waals surface area contributed by atoms with Crippen LogP contribution in [0.2, 0.25) is 0 Å². The molecule has 1 amide bonds. The van der Waals surface area contributed by atoms with E-state index in [1.165, 1.54) is 4.31 Å². The molecule has 1 fully saturated rings. The highest BCUT2D eigenvalue weighted by molar-refractivity contribution is 7.92. The molecule has 0 radical (unpaired) electrons. The van der Waals surface area contributed by atoms with Gasteiger partial charge in [-0.05, 0) is 43.3 Å². The quantitative estimate of drug-likeness (QED) is 0.648. The van der Waals surface area contributed by atoms with Gasteiger partial charge in [0.05, 0.1) is 31.9 Å². The molecule has 0 aliphatic carbocycles. The molecule has 0 spiro atoms. The number of rotatable bonds is 7. The van der Waals surface area contributed by atoms with Crippen molar-refractivity contribution in [2.75, 3.05) is 55.9 Å². The van der Waals surface area contributed by atoms with Gasteiger partial charge in [0.2, 0.25) is 15.9 Å². The predicted octanol–water partition coefficient (Wildman–Crippen LogP) is 2.21. The summed E-state index contributed by atoms with van der Waals surface area (Å²) in [5.74, 6) is 1.18. The van der Waals surface area contributed by atoms with E-state index < -0.39 is 16.1 Å². The number of methoxy groups -OCH3 is 2. The van der Waals surface area contributed by atoms with Crippen molar-refractivity contribution in [1.82, 2.24) is 4.90 Å². The second-order valence-electron chi connectivity index (χ2n) is 7.42. The number of carbonyl (C=O) groups excluding carboxylic acids is 1. The normalized spacial score (nSPS) is 15.4. The topological polar surface area (TPSA) is 79.4 Å². The number of sulfonamides is 1. The maximum Gasteiger partial charge on any atom is 0.246 e. The zero-order valence-corrected chi connectivity index (χ0v) is 19.1. The van der Waals surface area contributed by atoms with Crippen LogP contribution < -0.4 is 18.7 Å². The Balaban J connectivity index is 1.73. The van der Waals surface area contributed by atoms with Crippen LogP contribution in [0.3, 0.4) is 0 Å². The first kappa shape index (κ1) is 22.7. The van der Waals surface area contributed by atoms with Crippen molar-refractivity contribution < 1.29 is 22.7 Å². The van der Waals surface area contributed by atoms with Crippen molar-refractivity contribution in [1.29, 1.82) is 0 Å². The van der Waals surface area contributed by atoms with E-state index in [0.717, 1.165) is 17.7 Å². The van der Waals surface area contributed by atoms with Crippen LogP contribution in [0.25, 0.3) is 0 Å². The largest absolute Gasteiger partial charge is 0.497 e. The minimum atomic E-state index is -3.67. The Morgan fingerprint density at radius 2 is 1.58 bits per heavy atom. The maximum absolute atomic E-state index is 13.2. The molecule has 8 nitrogen and oxygen atoms in total. The number of amides is 1. The van der Waals surface area contributed by atoms with Gasteiger partial charge in [0, 0.05) is 26.2 Å². The van der Waals surface area contributed by atoms with E-state index >= 15 is 0 Å². The van der Waals surface area contributed by atoms with Gasteiger partial charge in [-0.1, -0.05) is 12.1 Å². The maximum atomic E-state index is 13.2. The summed E-state index contributed by atoms with van der Waals surface area (Å²) in [6.07, 6.45) is 1.11. The highest BCUT2D eigenvalue weighted by Crippen LogP contribution is 2.29. The third-order valence-corrected chi connectivity index (χ3v) is 6.65. The van der Waals surface area contributed by atoms with Gasteiger partial charge in [-0.15, -0.1) is 0 Å². The lowest BCUT2D eigenvalue weighted by atomic mass is 10.2. The molecule has 2 aromatic carbocycles. The van der Waals surface area contributed by atoms with Gasteiger partial charge in [0.1, 0.15) is 17.5 Å². The summed E-state index contributed by atoms with van der Waals surface area (Å²) >= 11 is 0. The number of anilines is 2. The lowest BCUT2D eigenvalue weighted by molar-refractivity contribution is -0.132. The van der Waals surface area contributed by atoms with Gasteiger partial charge in [0.25, 0.3) is 0 Å². The second kappa shape index (κ2) is 9.47. The lowest BCUT2D eigenvalue weighted by Crippen LogP contribution is -2.55. The van der Waals surface area contributed by atoms with E-state index in [1.54, 1.807) is 50.3 Å². The Hall–Kier alpha value is -2.94. The number of carbonyl (C=O) groups is 1. The van der Waals surface area contributed by atoms with Gasteiger partial charge >= 0.3 is 0 Å². The van der Waals surface area contributed by atoms with Crippen molar-refractivity contribution in [3.63, 3.8) is 0 Å². The first-order valence-electron chi connectivity index (χ1n) is 10.1. The molecule has 168 valence electrons. The zero-order chi connectivity index (χ0) is 22.6. The van der Waals surface area contributed by atoms with E-state index in [0.29, 0.717) is 37.6 Å². The van der Waals surface area contributed by atoms with Gasteiger partial charge in [-0.2, -0.15) is 0 Å². The molecular formula is C22H29N3O5S. The first-order chi connectivity index (χ1) is 14.8. The molecule has 1 saturated heterocycles. The number of para-hydroxylation sites is 2. The molecule has 31 heavy (non-hydrogen) atoms. The first-order valence-corrected chi connectivity index (χ1v) is 11.9. The molecule has 0 N–H and O–H groups in total. The molecule has 0 bridgehead atoms. The Labute approximate surface area is 184 Å². The average Bonchev–Trinajstić information content (AvgIpc) is 2.78. The summed E-state index contributed by atoms with van der Waals surface area (Å²) in [6.45, 7) is 3.91. The fourth-order valence-corrected chi connectivity index (χ4v) is 5.02. The van der Waals surface area contributed by atoms with Crippen molar-refractivity contribution in [2.45, 2.75) is 13.0 Å². The number of hydrogen-bond acceptors (Lipinski definition) is 6. The summed E-state index contributed by atoms with van der Waals surface area (Å²) in [5.41, 5.74) is 1.41. The molecule has 0 aromatic heterocycles. The van der Waals surface area contributed by atoms with Crippen molar-refractivity contribution in [2.24, 2.45) is 0 Å². The number of piperazine rings is 1. The monoisotopic (exact) mass is 447 g/mol. The van der Waals surface area contributed by atoms with Crippen molar-refractivity contribution in [3.8, 4) is 11.5 Å². The fourth-order valence-electron chi connectivity index (χ4n) is 3.85. The highest BCUT2D eigenvalue weighted by atomic mass is 32.2. The van der Waals surface area contributed by atoms with Gasteiger partial charge in [-0.25, -0.2) is 8.42 Å². The molecule has 1 atom stereocenters. The summed E-state index contributed by atoms with van der Waals surface area (Å²) in [4.78, 5) is 17.1. The van der Waals surface area contributed by atoms with Gasteiger partial charge in [0.15, 0.2) is 0 Å². The summed E-state index contributed by atoms with van der Waals surface area (Å²) < 4.78 is 36.8. The summed E-state index contributed by atoms with van der Waals surface area (Å²) in [6, 6.07) is 13.6. The number of hydrogen-bond donors (Lipinski definition) is 0. The van der Waals surface area contributed by atoms with Crippen LogP contribution in [0.4, 0.5) is 11.4 Å². The Morgan fingerprint density at radius 3 is 2.13 bits per heavy atom. The third kappa shape index (κ3) is 5.04. The molecule has 1 heterocycles. The van der Waals surface area contributed by atoms with Crippen LogP contribution in [0.15, 0.2) is 48.5 Å². The molecule has 9 heteroatoms. The predicted molar refractivity (Wildman–Crippen MR) is 122 cm³/mol. The second-order valence-corrected chi connectivity index (χ2v) is 9.28. The van der Waals surface area contributed by atoms with Crippen LogP contribution in [0.1, 0.15) is 6.92 Å². The molecule has 3 rings (SSSR count). The molecular weight excluding hydrogens is 418 g/mol. The number of ether oxygens (including phenoxy) is 2. The van der Waals surface area contributed by atoms with E-state index in [2.05, 4.69) is 4.90 Å². The van der Waals surface area contributed by atoms with Gasteiger partial charge < -0.3 is 19.3 Å². The Morgan fingerprint density at radius 1 is 0.968 bits per heavy atom. The third-order valence-electron chi connectivity index (χ3n) is 5.41. The van der Waals surface area contributed by atoms with Crippen LogP contribution >= 0.6 is 0 Å². The smallest absolute Gasteiger partial charge is 0.246 e. The van der Waals surface area contributed by atoms with Crippen LogP contribution in [-0.2, 0) is 14.8 Å². The fraction of sp³-hybridized carbons (Fsp3) is 0.409. The Bertz CT molecular complexity index is 1000.